The smallest absolute Gasteiger partial charge is 0.255 e. The van der Waals surface area contributed by atoms with Gasteiger partial charge in [0.2, 0.25) is 0 Å². The van der Waals surface area contributed by atoms with Crippen LogP contribution in [0.25, 0.3) is 0 Å². The number of carbonyl (C=O) groups excluding carboxylic acids is 2. The predicted octanol–water partition coefficient (Wildman–Crippen LogP) is 3.55. The van der Waals surface area contributed by atoms with Crippen molar-refractivity contribution < 1.29 is 9.59 Å². The van der Waals surface area contributed by atoms with Gasteiger partial charge in [0.1, 0.15) is 5.54 Å². The molecule has 1 N–H and O–H groups in total. The third-order valence-corrected chi connectivity index (χ3v) is 5.53. The number of aryl methyl sites for hydroxylation is 1. The van der Waals surface area contributed by atoms with E-state index in [0.29, 0.717) is 24.9 Å². The van der Waals surface area contributed by atoms with Gasteiger partial charge in [0.05, 0.1) is 0 Å². The van der Waals surface area contributed by atoms with E-state index in [0.717, 1.165) is 29.7 Å². The number of amides is 2. The highest BCUT2D eigenvalue weighted by Gasteiger charge is 2.50. The van der Waals surface area contributed by atoms with Gasteiger partial charge >= 0.3 is 0 Å². The maximum atomic E-state index is 13.3. The van der Waals surface area contributed by atoms with E-state index in [9.17, 15) is 9.59 Å². The Hall–Kier alpha value is -2.62. The number of anilines is 1. The first kappa shape index (κ1) is 15.9. The zero-order valence-corrected chi connectivity index (χ0v) is 14.4. The van der Waals surface area contributed by atoms with Gasteiger partial charge in [-0.1, -0.05) is 36.4 Å². The van der Waals surface area contributed by atoms with Crippen molar-refractivity contribution in [3.8, 4) is 0 Å². The molecular formula is C21H22N2O2. The van der Waals surface area contributed by atoms with Crippen LogP contribution in [0.2, 0.25) is 0 Å². The summed E-state index contributed by atoms with van der Waals surface area (Å²) < 4.78 is 0. The van der Waals surface area contributed by atoms with Gasteiger partial charge in [-0.2, -0.15) is 0 Å². The molecule has 0 bridgehead atoms. The molecule has 2 amide bonds. The van der Waals surface area contributed by atoms with Crippen molar-refractivity contribution in [3.63, 3.8) is 0 Å². The zero-order valence-electron chi connectivity index (χ0n) is 14.4. The molecule has 1 unspecified atom stereocenters. The number of likely N-dealkylation sites (tertiary alicyclic amines) is 1. The second-order valence-electron chi connectivity index (χ2n) is 7.05. The highest BCUT2D eigenvalue weighted by molar-refractivity contribution is 6.06. The van der Waals surface area contributed by atoms with E-state index in [2.05, 4.69) is 5.32 Å². The fraction of sp³-hybridized carbons (Fsp3) is 0.333. The summed E-state index contributed by atoms with van der Waals surface area (Å²) in [6, 6.07) is 15.5. The van der Waals surface area contributed by atoms with Crippen molar-refractivity contribution in [1.82, 2.24) is 4.90 Å². The molecule has 25 heavy (non-hydrogen) atoms. The fourth-order valence-corrected chi connectivity index (χ4v) is 4.14. The first-order chi connectivity index (χ1) is 12.1. The number of carbonyl (C=O) groups is 2. The minimum Gasteiger partial charge on any atom is -0.324 e. The van der Waals surface area contributed by atoms with E-state index >= 15 is 0 Å². The molecule has 2 aliphatic heterocycles. The molecule has 128 valence electrons. The molecule has 4 heteroatoms. The van der Waals surface area contributed by atoms with Crippen LogP contribution in [0.1, 0.15) is 40.7 Å². The van der Waals surface area contributed by atoms with Crippen LogP contribution in [0, 0.1) is 6.92 Å². The third kappa shape index (κ3) is 2.53. The second kappa shape index (κ2) is 6.03. The third-order valence-electron chi connectivity index (χ3n) is 5.53. The Kier molecular flexibility index (Phi) is 3.83. The summed E-state index contributed by atoms with van der Waals surface area (Å²) in [5.74, 6) is -0.0832. The Morgan fingerprint density at radius 2 is 1.84 bits per heavy atom. The van der Waals surface area contributed by atoms with Crippen LogP contribution >= 0.6 is 0 Å². The SMILES string of the molecule is Cc1ccccc1C(=O)N1CCCCC12Cc1ccccc1NC2=O. The lowest BCUT2D eigenvalue weighted by atomic mass is 9.77. The first-order valence-corrected chi connectivity index (χ1v) is 8.89. The van der Waals surface area contributed by atoms with Crippen molar-refractivity contribution in [2.75, 3.05) is 11.9 Å². The average Bonchev–Trinajstić information content (AvgIpc) is 2.63. The van der Waals surface area contributed by atoms with E-state index in [4.69, 9.17) is 0 Å². The second-order valence-corrected chi connectivity index (χ2v) is 7.05. The minimum absolute atomic E-state index is 0.0349. The molecule has 2 aromatic carbocycles. The Morgan fingerprint density at radius 3 is 2.68 bits per heavy atom. The summed E-state index contributed by atoms with van der Waals surface area (Å²) in [7, 11) is 0. The van der Waals surface area contributed by atoms with Gasteiger partial charge < -0.3 is 10.2 Å². The van der Waals surface area contributed by atoms with Gasteiger partial charge in [0.15, 0.2) is 0 Å². The number of piperidine rings is 1. The summed E-state index contributed by atoms with van der Waals surface area (Å²) in [6.07, 6.45) is 3.21. The lowest BCUT2D eigenvalue weighted by Crippen LogP contribution is -2.63. The Labute approximate surface area is 147 Å². The van der Waals surface area contributed by atoms with Crippen LogP contribution in [0.4, 0.5) is 5.69 Å². The molecule has 1 fully saturated rings. The molecule has 2 heterocycles. The molecule has 2 aliphatic rings. The van der Waals surface area contributed by atoms with E-state index in [1.165, 1.54) is 0 Å². The van der Waals surface area contributed by atoms with Gasteiger partial charge in [0.25, 0.3) is 11.8 Å². The molecule has 1 spiro atoms. The van der Waals surface area contributed by atoms with Gasteiger partial charge in [-0.05, 0) is 49.4 Å². The van der Waals surface area contributed by atoms with Crippen LogP contribution in [-0.4, -0.2) is 28.8 Å². The van der Waals surface area contributed by atoms with Crippen LogP contribution in [0.3, 0.4) is 0 Å². The van der Waals surface area contributed by atoms with Crippen molar-refractivity contribution in [3.05, 3.63) is 65.2 Å². The maximum Gasteiger partial charge on any atom is 0.255 e. The lowest BCUT2D eigenvalue weighted by molar-refractivity contribution is -0.129. The monoisotopic (exact) mass is 334 g/mol. The van der Waals surface area contributed by atoms with Crippen molar-refractivity contribution in [2.45, 2.75) is 38.1 Å². The van der Waals surface area contributed by atoms with Gasteiger partial charge in [-0.25, -0.2) is 0 Å². The van der Waals surface area contributed by atoms with Crippen LogP contribution < -0.4 is 5.32 Å². The van der Waals surface area contributed by atoms with E-state index in [1.54, 1.807) is 0 Å². The van der Waals surface area contributed by atoms with E-state index < -0.39 is 5.54 Å². The minimum atomic E-state index is -0.772. The van der Waals surface area contributed by atoms with Crippen molar-refractivity contribution in [2.24, 2.45) is 0 Å². The maximum absolute atomic E-state index is 13.3. The molecule has 0 saturated carbocycles. The summed E-state index contributed by atoms with van der Waals surface area (Å²) in [5.41, 5.74) is 2.84. The fourth-order valence-electron chi connectivity index (χ4n) is 4.14. The van der Waals surface area contributed by atoms with Gasteiger partial charge in [-0.3, -0.25) is 9.59 Å². The normalized spacial score (nSPS) is 22.4. The van der Waals surface area contributed by atoms with E-state index in [1.807, 2.05) is 60.4 Å². The summed E-state index contributed by atoms with van der Waals surface area (Å²) >= 11 is 0. The molecule has 0 aliphatic carbocycles. The largest absolute Gasteiger partial charge is 0.324 e. The molecule has 0 aromatic heterocycles. The van der Waals surface area contributed by atoms with E-state index in [-0.39, 0.29) is 11.8 Å². The molecule has 4 nitrogen and oxygen atoms in total. The lowest BCUT2D eigenvalue weighted by Gasteiger charge is -2.48. The first-order valence-electron chi connectivity index (χ1n) is 8.89. The summed E-state index contributed by atoms with van der Waals surface area (Å²) in [5, 5.41) is 3.04. The number of benzene rings is 2. The number of nitrogens with one attached hydrogen (secondary N) is 1. The predicted molar refractivity (Wildman–Crippen MR) is 97.6 cm³/mol. The van der Waals surface area contributed by atoms with Gasteiger partial charge in [0, 0.05) is 24.2 Å². The Balaban J connectivity index is 1.76. The number of rotatable bonds is 1. The van der Waals surface area contributed by atoms with Crippen LogP contribution in [0.5, 0.6) is 0 Å². The highest BCUT2D eigenvalue weighted by Crippen LogP contribution is 2.39. The molecule has 4 rings (SSSR count). The van der Waals surface area contributed by atoms with Gasteiger partial charge in [-0.15, -0.1) is 0 Å². The molecular weight excluding hydrogens is 312 g/mol. The zero-order chi connectivity index (χ0) is 17.4. The summed E-state index contributed by atoms with van der Waals surface area (Å²) in [6.45, 7) is 2.57. The number of hydrogen-bond donors (Lipinski definition) is 1. The van der Waals surface area contributed by atoms with Crippen molar-refractivity contribution in [1.29, 1.82) is 0 Å². The molecule has 1 atom stereocenters. The van der Waals surface area contributed by atoms with Crippen LogP contribution in [0.15, 0.2) is 48.5 Å². The highest BCUT2D eigenvalue weighted by atomic mass is 16.2. The summed E-state index contributed by atoms with van der Waals surface area (Å²) in [4.78, 5) is 28.2. The standard InChI is InChI=1S/C21H22N2O2/c1-15-8-2-4-10-17(15)19(24)23-13-7-6-12-21(23)14-16-9-3-5-11-18(16)22-20(21)25/h2-5,8-11H,6-7,12-14H2,1H3,(H,22,25). The topological polar surface area (TPSA) is 49.4 Å². The Morgan fingerprint density at radius 1 is 1.08 bits per heavy atom. The number of nitrogens with zero attached hydrogens (tertiary/aromatic N) is 1. The molecule has 0 radical (unpaired) electrons. The number of para-hydroxylation sites is 1. The molecule has 2 aromatic rings. The number of hydrogen-bond acceptors (Lipinski definition) is 2. The molecule has 1 saturated heterocycles. The van der Waals surface area contributed by atoms with Crippen molar-refractivity contribution >= 4 is 17.5 Å². The average molecular weight is 334 g/mol. The van der Waals surface area contributed by atoms with Crippen LogP contribution in [-0.2, 0) is 11.2 Å². The number of fused-ring (bicyclic) bond motifs is 1. The Bertz CT molecular complexity index is 845. The quantitative estimate of drug-likeness (QED) is 0.867.